The van der Waals surface area contributed by atoms with E-state index >= 15 is 0 Å². The number of hydrogen-bond donors (Lipinski definition) is 0. The van der Waals surface area contributed by atoms with Gasteiger partial charge in [0.25, 0.3) is 0 Å². The number of carbonyl (C=O) groups excluding carboxylic acids is 2. The minimum atomic E-state index is -5.82. The summed E-state index contributed by atoms with van der Waals surface area (Å²) in [6.07, 6.45) is -4.33. The van der Waals surface area contributed by atoms with Crippen LogP contribution in [0, 0.1) is 16.2 Å². The van der Waals surface area contributed by atoms with Crippen LogP contribution in [0.2, 0.25) is 0 Å². The van der Waals surface area contributed by atoms with Gasteiger partial charge < -0.3 is 14.2 Å². The van der Waals surface area contributed by atoms with E-state index in [0.717, 1.165) is 6.42 Å². The van der Waals surface area contributed by atoms with E-state index in [4.69, 9.17) is 9.47 Å². The molecular weight excluding hydrogens is 463 g/mol. The molecule has 1 rings (SSSR count). The van der Waals surface area contributed by atoms with Gasteiger partial charge in [-0.05, 0) is 48.4 Å². The van der Waals surface area contributed by atoms with E-state index in [-0.39, 0.29) is 22.3 Å². The van der Waals surface area contributed by atoms with Gasteiger partial charge in [-0.15, -0.1) is 0 Å². The zero-order valence-electron chi connectivity index (χ0n) is 20.6. The highest BCUT2D eigenvalue weighted by Crippen LogP contribution is 2.48. The average molecular weight is 497 g/mol. The van der Waals surface area contributed by atoms with Gasteiger partial charge in [0.1, 0.15) is 11.5 Å². The Morgan fingerprint density at radius 1 is 0.853 bits per heavy atom. The lowest BCUT2D eigenvalue weighted by atomic mass is 9.60. The molecule has 0 aromatic heterocycles. The van der Waals surface area contributed by atoms with Crippen molar-refractivity contribution in [2.75, 3.05) is 13.2 Å². The number of rotatable bonds is 10. The third-order valence-corrected chi connectivity index (χ3v) is 6.12. The highest BCUT2D eigenvalue weighted by atomic mass is 19.4. The predicted octanol–water partition coefficient (Wildman–Crippen LogP) is 6.59. The minimum absolute atomic E-state index is 0.0859. The Morgan fingerprint density at radius 3 is 1.79 bits per heavy atom. The number of carbonyl (C=O) groups is 2. The summed E-state index contributed by atoms with van der Waals surface area (Å²) in [5, 5.41) is 0. The quantitative estimate of drug-likeness (QED) is 0.208. The van der Waals surface area contributed by atoms with Gasteiger partial charge >= 0.3 is 24.0 Å². The molecule has 0 amide bonds. The van der Waals surface area contributed by atoms with Crippen molar-refractivity contribution in [3.05, 3.63) is 24.3 Å². The van der Waals surface area contributed by atoms with Crippen LogP contribution in [0.15, 0.2) is 24.3 Å². The van der Waals surface area contributed by atoms with E-state index in [1.807, 2.05) is 27.7 Å². The first-order chi connectivity index (χ1) is 15.2. The van der Waals surface area contributed by atoms with E-state index in [0.29, 0.717) is 6.42 Å². The van der Waals surface area contributed by atoms with Crippen LogP contribution in [0.4, 0.5) is 22.0 Å². The number of benzene rings is 1. The summed E-state index contributed by atoms with van der Waals surface area (Å²) in [6, 6.07) is 5.57. The fourth-order valence-corrected chi connectivity index (χ4v) is 2.99. The fourth-order valence-electron chi connectivity index (χ4n) is 2.99. The van der Waals surface area contributed by atoms with E-state index < -0.39 is 42.7 Å². The van der Waals surface area contributed by atoms with Crippen LogP contribution in [-0.2, 0) is 14.3 Å². The molecule has 0 N–H and O–H groups in total. The van der Waals surface area contributed by atoms with Gasteiger partial charge in [-0.3, -0.25) is 4.79 Å². The van der Waals surface area contributed by atoms with E-state index in [1.54, 1.807) is 0 Å². The molecule has 5 nitrogen and oxygen atoms in total. The SMILES string of the molecule is CCC(C)(C)CC(C)(C(=O)Oc1ccc(OCC(=O)OCC(F)(F)C(F)(F)F)cc1)C(C)(C)C. The van der Waals surface area contributed by atoms with E-state index in [1.165, 1.54) is 24.3 Å². The molecule has 10 heteroatoms. The predicted molar refractivity (Wildman–Crippen MR) is 116 cm³/mol. The lowest BCUT2D eigenvalue weighted by Gasteiger charge is -2.44. The molecule has 1 unspecified atom stereocenters. The summed E-state index contributed by atoms with van der Waals surface area (Å²) in [5.74, 6) is -6.61. The van der Waals surface area contributed by atoms with Gasteiger partial charge in [-0.1, -0.05) is 48.0 Å². The smallest absolute Gasteiger partial charge is 0.456 e. The third kappa shape index (κ3) is 7.84. The molecule has 34 heavy (non-hydrogen) atoms. The minimum Gasteiger partial charge on any atom is -0.482 e. The van der Waals surface area contributed by atoms with Gasteiger partial charge in [-0.2, -0.15) is 22.0 Å². The van der Waals surface area contributed by atoms with Crippen molar-refractivity contribution in [3.63, 3.8) is 0 Å². The fraction of sp³-hybridized carbons (Fsp3) is 0.667. The average Bonchev–Trinajstić information content (AvgIpc) is 2.69. The van der Waals surface area contributed by atoms with Crippen molar-refractivity contribution in [2.45, 2.75) is 73.4 Å². The molecule has 0 radical (unpaired) electrons. The molecule has 1 aromatic rings. The van der Waals surface area contributed by atoms with E-state index in [9.17, 15) is 31.5 Å². The molecule has 0 aliphatic carbocycles. The number of hydrogen-bond acceptors (Lipinski definition) is 5. The normalized spacial score (nSPS) is 14.8. The lowest BCUT2D eigenvalue weighted by molar-refractivity contribution is -0.294. The van der Waals surface area contributed by atoms with Gasteiger partial charge in [0.2, 0.25) is 0 Å². The summed E-state index contributed by atoms with van der Waals surface area (Å²) in [5.41, 5.74) is -1.26. The molecule has 0 aliphatic rings. The van der Waals surface area contributed by atoms with Crippen molar-refractivity contribution in [1.29, 1.82) is 0 Å². The second-order valence-electron chi connectivity index (χ2n) is 10.3. The number of ether oxygens (including phenoxy) is 3. The molecule has 0 fully saturated rings. The Hall–Kier alpha value is -2.39. The molecule has 1 atom stereocenters. The molecule has 0 aliphatic heterocycles. The van der Waals surface area contributed by atoms with Crippen LogP contribution in [0.5, 0.6) is 11.5 Å². The highest BCUT2D eigenvalue weighted by molar-refractivity contribution is 5.79. The summed E-state index contributed by atoms with van der Waals surface area (Å²) < 4.78 is 76.4. The van der Waals surface area contributed by atoms with Crippen molar-refractivity contribution >= 4 is 11.9 Å². The highest BCUT2D eigenvalue weighted by Gasteiger charge is 2.58. The Balaban J connectivity index is 2.75. The molecule has 0 heterocycles. The molecule has 194 valence electrons. The van der Waals surface area contributed by atoms with Gasteiger partial charge in [0, 0.05) is 0 Å². The summed E-state index contributed by atoms with van der Waals surface area (Å²) >= 11 is 0. The number of halogens is 5. The Kier molecular flexibility index (Phi) is 9.13. The summed E-state index contributed by atoms with van der Waals surface area (Å²) in [4.78, 5) is 24.6. The van der Waals surface area contributed by atoms with E-state index in [2.05, 4.69) is 25.5 Å². The first-order valence-electron chi connectivity index (χ1n) is 10.8. The van der Waals surface area contributed by atoms with Crippen LogP contribution in [0.3, 0.4) is 0 Å². The number of esters is 2. The van der Waals surface area contributed by atoms with Crippen molar-refractivity contribution in [3.8, 4) is 11.5 Å². The maximum atomic E-state index is 13.1. The molecule has 1 aromatic carbocycles. The van der Waals surface area contributed by atoms with Crippen LogP contribution < -0.4 is 9.47 Å². The van der Waals surface area contributed by atoms with Crippen molar-refractivity contribution in [2.24, 2.45) is 16.2 Å². The maximum Gasteiger partial charge on any atom is 0.456 e. The molecule has 0 saturated carbocycles. The van der Waals surface area contributed by atoms with Crippen LogP contribution >= 0.6 is 0 Å². The number of alkyl halides is 5. The van der Waals surface area contributed by atoms with Crippen molar-refractivity contribution < 1.29 is 45.8 Å². The standard InChI is InChI=1S/C24H33F5O5/c1-8-21(5,6)14-22(7,20(2,3)4)19(31)34-17-11-9-16(10-12-17)32-13-18(30)33-15-23(25,26)24(27,28)29/h9-12H,8,13-15H2,1-7H3. The Morgan fingerprint density at radius 2 is 1.35 bits per heavy atom. The molecule has 0 saturated heterocycles. The lowest BCUT2D eigenvalue weighted by Crippen LogP contribution is -2.45. The monoisotopic (exact) mass is 496 g/mol. The van der Waals surface area contributed by atoms with Crippen LogP contribution in [0.1, 0.15) is 61.3 Å². The first-order valence-corrected chi connectivity index (χ1v) is 10.8. The first kappa shape index (κ1) is 29.6. The van der Waals surface area contributed by atoms with Gasteiger partial charge in [0.05, 0.1) is 5.41 Å². The Bertz CT molecular complexity index is 841. The van der Waals surface area contributed by atoms with Crippen molar-refractivity contribution in [1.82, 2.24) is 0 Å². The molecule has 0 bridgehead atoms. The Labute approximate surface area is 196 Å². The topological polar surface area (TPSA) is 61.8 Å². The second kappa shape index (κ2) is 10.5. The second-order valence-corrected chi connectivity index (χ2v) is 10.3. The molecular formula is C24H33F5O5. The van der Waals surface area contributed by atoms with Crippen LogP contribution in [-0.4, -0.2) is 37.3 Å². The largest absolute Gasteiger partial charge is 0.482 e. The summed E-state index contributed by atoms with van der Waals surface area (Å²) in [6.45, 7) is 11.0. The maximum absolute atomic E-state index is 13.1. The van der Waals surface area contributed by atoms with Crippen LogP contribution in [0.25, 0.3) is 0 Å². The van der Waals surface area contributed by atoms with Gasteiger partial charge in [0.15, 0.2) is 13.2 Å². The zero-order chi connectivity index (χ0) is 26.6. The third-order valence-electron chi connectivity index (χ3n) is 6.12. The summed E-state index contributed by atoms with van der Waals surface area (Å²) in [7, 11) is 0. The zero-order valence-corrected chi connectivity index (χ0v) is 20.6. The van der Waals surface area contributed by atoms with Gasteiger partial charge in [-0.25, -0.2) is 4.79 Å². The molecule has 0 spiro atoms.